The van der Waals surface area contributed by atoms with Crippen LogP contribution in [0.15, 0.2) is 85.7 Å². The number of rotatable bonds is 8. The van der Waals surface area contributed by atoms with Crippen molar-refractivity contribution in [3.8, 4) is 0 Å². The van der Waals surface area contributed by atoms with Gasteiger partial charge in [0, 0.05) is 37.5 Å². The van der Waals surface area contributed by atoms with Gasteiger partial charge in [-0.05, 0) is 29.5 Å². The molecule has 0 aliphatic rings. The number of hydrogen-bond donors (Lipinski definition) is 1. The molecule has 35 heavy (non-hydrogen) atoms. The first-order valence-corrected chi connectivity index (χ1v) is 11.8. The summed E-state index contributed by atoms with van der Waals surface area (Å²) in [4.78, 5) is 14.8. The van der Waals surface area contributed by atoms with E-state index in [2.05, 4.69) is 112 Å². The van der Waals surface area contributed by atoms with Crippen molar-refractivity contribution in [3.63, 3.8) is 0 Å². The topological polar surface area (TPSA) is 76.7 Å². The number of pyridine rings is 1. The fourth-order valence-corrected chi connectivity index (χ4v) is 4.19. The van der Waals surface area contributed by atoms with E-state index >= 15 is 0 Å². The molecule has 3 heterocycles. The number of benzene rings is 2. The van der Waals surface area contributed by atoms with E-state index in [9.17, 15) is 0 Å². The molecule has 0 spiro atoms. The number of aryl methyl sites for hydroxylation is 2. The van der Waals surface area contributed by atoms with E-state index in [-0.39, 0.29) is 0 Å². The molecule has 0 fully saturated rings. The maximum Gasteiger partial charge on any atom is 0.173 e. The Balaban J connectivity index is 1.15. The predicted octanol–water partition coefficient (Wildman–Crippen LogP) is 3.64. The van der Waals surface area contributed by atoms with Crippen LogP contribution in [0.3, 0.4) is 0 Å². The molecule has 0 bridgehead atoms. The highest BCUT2D eigenvalue weighted by atomic mass is 15.1. The Morgan fingerprint density at radius 1 is 0.771 bits per heavy atom. The molecular formula is C28H30N7+. The Hall–Kier alpha value is -4.26. The molecule has 0 amide bonds. The van der Waals surface area contributed by atoms with Crippen LogP contribution in [0.4, 0.5) is 11.5 Å². The van der Waals surface area contributed by atoms with E-state index in [1.165, 1.54) is 34.3 Å². The number of nitrogens with zero attached hydrogens (tertiary/aromatic N) is 6. The minimum absolute atomic E-state index is 0.412. The van der Waals surface area contributed by atoms with E-state index in [0.29, 0.717) is 17.9 Å². The third-order valence-corrected chi connectivity index (χ3v) is 6.29. The lowest BCUT2D eigenvalue weighted by Crippen LogP contribution is -2.33. The highest BCUT2D eigenvalue weighted by Crippen LogP contribution is 2.17. The standard InChI is InChI=1S/C28H30N7/c1-33(2)25-13-15-34(16-14-25)17-23-9-5-21(6-10-23)3-4-22-7-11-24(12-8-22)18-35-20-32-26-27(29)30-19-31-28(26)35/h5-16,19-20H,3-4,17-18H2,1-2H3,(H2,29,30,31)/q+1. The highest BCUT2D eigenvalue weighted by Gasteiger charge is 2.08. The van der Waals surface area contributed by atoms with Crippen LogP contribution in [-0.4, -0.2) is 33.6 Å². The van der Waals surface area contributed by atoms with Gasteiger partial charge in [0.1, 0.15) is 11.8 Å². The zero-order valence-electron chi connectivity index (χ0n) is 20.2. The van der Waals surface area contributed by atoms with Crippen LogP contribution >= 0.6 is 0 Å². The smallest absolute Gasteiger partial charge is 0.173 e. The summed E-state index contributed by atoms with van der Waals surface area (Å²) >= 11 is 0. The van der Waals surface area contributed by atoms with Gasteiger partial charge in [-0.1, -0.05) is 48.5 Å². The molecule has 7 nitrogen and oxygen atoms in total. The van der Waals surface area contributed by atoms with E-state index < -0.39 is 0 Å². The van der Waals surface area contributed by atoms with Gasteiger partial charge in [-0.25, -0.2) is 19.5 Å². The van der Waals surface area contributed by atoms with Gasteiger partial charge in [0.25, 0.3) is 0 Å². The molecule has 7 heteroatoms. The lowest BCUT2D eigenvalue weighted by atomic mass is 10.0. The Bertz CT molecular complexity index is 1400. The summed E-state index contributed by atoms with van der Waals surface area (Å²) in [6.07, 6.45) is 9.54. The van der Waals surface area contributed by atoms with Crippen molar-refractivity contribution in [2.45, 2.75) is 25.9 Å². The van der Waals surface area contributed by atoms with Crippen molar-refractivity contribution >= 4 is 22.7 Å². The molecule has 0 aliphatic carbocycles. The van der Waals surface area contributed by atoms with Crippen LogP contribution in [0.5, 0.6) is 0 Å². The number of nitrogen functional groups attached to an aromatic ring is 1. The van der Waals surface area contributed by atoms with E-state index in [1.54, 1.807) is 6.33 Å². The third kappa shape index (κ3) is 5.30. The monoisotopic (exact) mass is 464 g/mol. The van der Waals surface area contributed by atoms with E-state index in [0.717, 1.165) is 25.0 Å². The molecule has 0 saturated carbocycles. The van der Waals surface area contributed by atoms with Crippen LogP contribution in [0, 0.1) is 0 Å². The fraction of sp³-hybridized carbons (Fsp3) is 0.214. The Morgan fingerprint density at radius 3 is 2.00 bits per heavy atom. The van der Waals surface area contributed by atoms with Crippen molar-refractivity contribution < 1.29 is 4.57 Å². The van der Waals surface area contributed by atoms with Crippen LogP contribution in [0.25, 0.3) is 11.2 Å². The lowest BCUT2D eigenvalue weighted by Gasteiger charge is -2.10. The summed E-state index contributed by atoms with van der Waals surface area (Å²) in [5, 5.41) is 0. The van der Waals surface area contributed by atoms with Crippen molar-refractivity contribution in [1.82, 2.24) is 19.5 Å². The van der Waals surface area contributed by atoms with Gasteiger partial charge in [-0.15, -0.1) is 0 Å². The maximum absolute atomic E-state index is 5.89. The molecule has 5 aromatic rings. The SMILES string of the molecule is CN(C)c1cc[n+](Cc2ccc(CCc3ccc(Cn4cnc5c(N)ncnc54)cc3)cc2)cc1. The molecule has 2 aromatic carbocycles. The average Bonchev–Trinajstić information content (AvgIpc) is 3.29. The van der Waals surface area contributed by atoms with Crippen molar-refractivity contribution in [2.24, 2.45) is 0 Å². The fourth-order valence-electron chi connectivity index (χ4n) is 4.19. The van der Waals surface area contributed by atoms with Crippen LogP contribution in [0.2, 0.25) is 0 Å². The van der Waals surface area contributed by atoms with E-state index in [4.69, 9.17) is 5.73 Å². The first kappa shape index (κ1) is 22.5. The first-order chi connectivity index (χ1) is 17.0. The summed E-state index contributed by atoms with van der Waals surface area (Å²) < 4.78 is 4.21. The van der Waals surface area contributed by atoms with Gasteiger partial charge in [0.15, 0.2) is 30.4 Å². The Kier molecular flexibility index (Phi) is 6.39. The minimum atomic E-state index is 0.412. The van der Waals surface area contributed by atoms with Gasteiger partial charge < -0.3 is 15.2 Å². The molecule has 0 unspecified atom stereocenters. The van der Waals surface area contributed by atoms with Gasteiger partial charge in [-0.3, -0.25) is 0 Å². The molecule has 3 aromatic heterocycles. The van der Waals surface area contributed by atoms with Gasteiger partial charge in [0.2, 0.25) is 0 Å². The first-order valence-electron chi connectivity index (χ1n) is 11.8. The second-order valence-corrected chi connectivity index (χ2v) is 9.06. The normalized spacial score (nSPS) is 11.1. The molecule has 0 atom stereocenters. The van der Waals surface area contributed by atoms with Gasteiger partial charge in [-0.2, -0.15) is 0 Å². The van der Waals surface area contributed by atoms with Crippen LogP contribution < -0.4 is 15.2 Å². The molecule has 2 N–H and O–H groups in total. The Morgan fingerprint density at radius 2 is 1.37 bits per heavy atom. The van der Waals surface area contributed by atoms with Crippen LogP contribution in [0.1, 0.15) is 22.3 Å². The van der Waals surface area contributed by atoms with Crippen molar-refractivity contribution in [3.05, 3.63) is 108 Å². The van der Waals surface area contributed by atoms with E-state index in [1.807, 2.05) is 4.57 Å². The predicted molar refractivity (Wildman–Crippen MR) is 139 cm³/mol. The third-order valence-electron chi connectivity index (χ3n) is 6.29. The van der Waals surface area contributed by atoms with Crippen molar-refractivity contribution in [1.29, 1.82) is 0 Å². The second kappa shape index (κ2) is 9.93. The molecular weight excluding hydrogens is 434 g/mol. The average molecular weight is 465 g/mol. The van der Waals surface area contributed by atoms with Crippen LogP contribution in [-0.2, 0) is 25.9 Å². The molecule has 0 saturated heterocycles. The number of aromatic nitrogens is 5. The summed E-state index contributed by atoms with van der Waals surface area (Å²) in [6, 6.07) is 22.0. The number of imidazole rings is 1. The van der Waals surface area contributed by atoms with Gasteiger partial charge in [0.05, 0.1) is 12.9 Å². The zero-order chi connectivity index (χ0) is 24.2. The molecule has 5 rings (SSSR count). The Labute approximate surface area is 205 Å². The highest BCUT2D eigenvalue weighted by molar-refractivity contribution is 5.81. The summed E-state index contributed by atoms with van der Waals surface area (Å²) in [5.74, 6) is 0.412. The number of hydrogen-bond acceptors (Lipinski definition) is 5. The summed E-state index contributed by atoms with van der Waals surface area (Å²) in [6.45, 7) is 1.57. The van der Waals surface area contributed by atoms with Gasteiger partial charge >= 0.3 is 0 Å². The number of anilines is 2. The largest absolute Gasteiger partial charge is 0.382 e. The molecule has 176 valence electrons. The number of nitrogens with two attached hydrogens (primary N) is 1. The van der Waals surface area contributed by atoms with Crippen molar-refractivity contribution in [2.75, 3.05) is 24.7 Å². The summed E-state index contributed by atoms with van der Waals surface area (Å²) in [7, 11) is 4.12. The minimum Gasteiger partial charge on any atom is -0.382 e. The maximum atomic E-state index is 5.89. The quantitative estimate of drug-likeness (QED) is 0.355. The molecule has 0 aliphatic heterocycles. The second-order valence-electron chi connectivity index (χ2n) is 9.06. The molecule has 0 radical (unpaired) electrons. The lowest BCUT2D eigenvalue weighted by molar-refractivity contribution is -0.688. The zero-order valence-corrected chi connectivity index (χ0v) is 20.2. The summed E-state index contributed by atoms with van der Waals surface area (Å²) in [5.41, 5.74) is 13.7. The number of fused-ring (bicyclic) bond motifs is 1.